The highest BCUT2D eigenvalue weighted by atomic mass is 32.1. The van der Waals surface area contributed by atoms with Crippen molar-refractivity contribution in [3.8, 4) is 11.3 Å². The first-order valence-electron chi connectivity index (χ1n) is 9.54. The van der Waals surface area contributed by atoms with Gasteiger partial charge in [-0.15, -0.1) is 0 Å². The van der Waals surface area contributed by atoms with E-state index in [1.165, 1.54) is 17.4 Å². The molecule has 1 fully saturated rings. The number of hydrogen-bond donors (Lipinski definition) is 2. The molecular weight excluding hydrogens is 440 g/mol. The van der Waals surface area contributed by atoms with Gasteiger partial charge in [0.05, 0.1) is 35.7 Å². The Hall–Kier alpha value is -2.95. The molecular formula is C21H19F2N5OS2. The number of morpholine rings is 1. The molecule has 1 saturated heterocycles. The van der Waals surface area contributed by atoms with Crippen molar-refractivity contribution in [2.24, 2.45) is 5.10 Å². The molecule has 160 valence electrons. The lowest BCUT2D eigenvalue weighted by molar-refractivity contribution is 0.122. The van der Waals surface area contributed by atoms with Crippen LogP contribution in [0, 0.1) is 11.6 Å². The van der Waals surface area contributed by atoms with Crippen LogP contribution in [-0.2, 0) is 4.74 Å². The van der Waals surface area contributed by atoms with Gasteiger partial charge in [-0.2, -0.15) is 5.10 Å². The van der Waals surface area contributed by atoms with Crippen molar-refractivity contribution in [1.82, 2.24) is 10.4 Å². The fourth-order valence-corrected chi connectivity index (χ4v) is 4.16. The summed E-state index contributed by atoms with van der Waals surface area (Å²) in [5.74, 6) is -1.40. The van der Waals surface area contributed by atoms with Crippen LogP contribution >= 0.6 is 23.6 Å². The molecule has 2 heterocycles. The van der Waals surface area contributed by atoms with E-state index in [9.17, 15) is 8.78 Å². The highest BCUT2D eigenvalue weighted by molar-refractivity contribution is 7.80. The van der Waals surface area contributed by atoms with Gasteiger partial charge >= 0.3 is 0 Å². The SMILES string of the molecule is Fc1ccc(NC(=S)N/N=C/c2sc(N3CCOCC3)nc2-c2ccccc2)c(F)c1. The van der Waals surface area contributed by atoms with Gasteiger partial charge in [0.25, 0.3) is 0 Å². The van der Waals surface area contributed by atoms with Gasteiger partial charge < -0.3 is 15.0 Å². The average Bonchev–Trinajstić information content (AvgIpc) is 3.21. The van der Waals surface area contributed by atoms with Crippen molar-refractivity contribution < 1.29 is 13.5 Å². The molecule has 0 unspecified atom stereocenters. The number of nitrogens with one attached hydrogen (secondary N) is 2. The van der Waals surface area contributed by atoms with E-state index >= 15 is 0 Å². The van der Waals surface area contributed by atoms with Gasteiger partial charge in [-0.25, -0.2) is 13.8 Å². The van der Waals surface area contributed by atoms with Crippen LogP contribution < -0.4 is 15.6 Å². The third kappa shape index (κ3) is 5.40. The molecule has 0 saturated carbocycles. The molecule has 1 aliphatic heterocycles. The van der Waals surface area contributed by atoms with Crippen LogP contribution in [0.4, 0.5) is 19.6 Å². The lowest BCUT2D eigenvalue weighted by Crippen LogP contribution is -2.36. The zero-order valence-corrected chi connectivity index (χ0v) is 18.0. The molecule has 6 nitrogen and oxygen atoms in total. The molecule has 4 rings (SSSR count). The summed E-state index contributed by atoms with van der Waals surface area (Å²) in [6, 6.07) is 13.1. The van der Waals surface area contributed by atoms with Gasteiger partial charge in [0.1, 0.15) is 11.6 Å². The summed E-state index contributed by atoms with van der Waals surface area (Å²) in [6.45, 7) is 2.91. The van der Waals surface area contributed by atoms with Gasteiger partial charge in [0.15, 0.2) is 10.2 Å². The van der Waals surface area contributed by atoms with Crippen LogP contribution in [0.25, 0.3) is 11.3 Å². The van der Waals surface area contributed by atoms with Gasteiger partial charge in [-0.1, -0.05) is 41.7 Å². The molecule has 0 radical (unpaired) electrons. The molecule has 2 aromatic carbocycles. The monoisotopic (exact) mass is 459 g/mol. The second-order valence-corrected chi connectivity index (χ2v) is 8.04. The van der Waals surface area contributed by atoms with Crippen LogP contribution in [0.3, 0.4) is 0 Å². The van der Waals surface area contributed by atoms with Crippen molar-refractivity contribution in [3.05, 3.63) is 65.0 Å². The molecule has 0 bridgehead atoms. The minimum atomic E-state index is -0.739. The smallest absolute Gasteiger partial charge is 0.191 e. The van der Waals surface area contributed by atoms with Crippen LogP contribution in [-0.4, -0.2) is 42.6 Å². The van der Waals surface area contributed by atoms with Crippen LogP contribution in [0.2, 0.25) is 0 Å². The zero-order chi connectivity index (χ0) is 21.6. The topological polar surface area (TPSA) is 61.8 Å². The lowest BCUT2D eigenvalue weighted by atomic mass is 10.1. The van der Waals surface area contributed by atoms with E-state index in [1.54, 1.807) is 6.21 Å². The molecule has 0 aliphatic carbocycles. The maximum Gasteiger partial charge on any atom is 0.191 e. The van der Waals surface area contributed by atoms with Crippen molar-refractivity contribution in [2.45, 2.75) is 0 Å². The molecule has 0 amide bonds. The quantitative estimate of drug-likeness (QED) is 0.338. The van der Waals surface area contributed by atoms with E-state index < -0.39 is 11.6 Å². The van der Waals surface area contributed by atoms with Gasteiger partial charge in [0, 0.05) is 24.7 Å². The first-order valence-corrected chi connectivity index (χ1v) is 10.8. The molecule has 0 spiro atoms. The number of thiazole rings is 1. The number of thiocarbonyl (C=S) groups is 1. The minimum Gasteiger partial charge on any atom is -0.378 e. The number of aromatic nitrogens is 1. The minimum absolute atomic E-state index is 0.0615. The average molecular weight is 460 g/mol. The Morgan fingerprint density at radius 3 is 2.68 bits per heavy atom. The van der Waals surface area contributed by atoms with Crippen molar-refractivity contribution in [3.63, 3.8) is 0 Å². The predicted molar refractivity (Wildman–Crippen MR) is 124 cm³/mol. The number of rotatable bonds is 5. The maximum atomic E-state index is 13.8. The summed E-state index contributed by atoms with van der Waals surface area (Å²) in [5.41, 5.74) is 4.53. The molecule has 2 N–H and O–H groups in total. The molecule has 3 aromatic rings. The normalized spacial score (nSPS) is 14.1. The number of benzene rings is 2. The number of halogens is 2. The van der Waals surface area contributed by atoms with E-state index in [0.717, 1.165) is 46.5 Å². The zero-order valence-electron chi connectivity index (χ0n) is 16.3. The van der Waals surface area contributed by atoms with Crippen LogP contribution in [0.1, 0.15) is 4.88 Å². The summed E-state index contributed by atoms with van der Waals surface area (Å²) < 4.78 is 32.2. The van der Waals surface area contributed by atoms with Gasteiger partial charge in [-0.05, 0) is 24.4 Å². The van der Waals surface area contributed by atoms with E-state index in [4.69, 9.17) is 21.9 Å². The predicted octanol–water partition coefficient (Wildman–Crippen LogP) is 4.25. The summed E-state index contributed by atoms with van der Waals surface area (Å²) in [4.78, 5) is 7.87. The maximum absolute atomic E-state index is 13.8. The van der Waals surface area contributed by atoms with Crippen LogP contribution in [0.5, 0.6) is 0 Å². The Balaban J connectivity index is 1.50. The third-order valence-electron chi connectivity index (χ3n) is 4.50. The first-order chi connectivity index (χ1) is 15.1. The molecule has 31 heavy (non-hydrogen) atoms. The molecule has 0 atom stereocenters. The summed E-state index contributed by atoms with van der Waals surface area (Å²) >= 11 is 6.67. The number of anilines is 2. The summed E-state index contributed by atoms with van der Waals surface area (Å²) in [6.07, 6.45) is 1.64. The highest BCUT2D eigenvalue weighted by Gasteiger charge is 2.18. The molecule has 1 aromatic heterocycles. The van der Waals surface area contributed by atoms with E-state index in [2.05, 4.69) is 20.7 Å². The number of ether oxygens (including phenoxy) is 1. The van der Waals surface area contributed by atoms with E-state index in [1.807, 2.05) is 30.3 Å². The lowest BCUT2D eigenvalue weighted by Gasteiger charge is -2.26. The van der Waals surface area contributed by atoms with E-state index in [0.29, 0.717) is 13.2 Å². The van der Waals surface area contributed by atoms with Gasteiger partial charge in [0.2, 0.25) is 0 Å². The Labute approximate surface area is 187 Å². The largest absolute Gasteiger partial charge is 0.378 e. The standard InChI is InChI=1S/C21H19F2N5OS2/c22-15-6-7-17(16(23)12-15)25-20(30)27-24-13-18-19(14-4-2-1-3-5-14)26-21(31-18)28-8-10-29-11-9-28/h1-7,12-13H,8-11H2,(H2,25,27,30)/b24-13+. The van der Waals surface area contributed by atoms with Crippen molar-refractivity contribution >= 4 is 45.7 Å². The second-order valence-electron chi connectivity index (χ2n) is 6.62. The van der Waals surface area contributed by atoms with E-state index in [-0.39, 0.29) is 10.8 Å². The van der Waals surface area contributed by atoms with Crippen molar-refractivity contribution in [2.75, 3.05) is 36.5 Å². The molecule has 10 heteroatoms. The van der Waals surface area contributed by atoms with Crippen molar-refractivity contribution in [1.29, 1.82) is 0 Å². The molecule has 1 aliphatic rings. The number of nitrogens with zero attached hydrogens (tertiary/aromatic N) is 3. The first kappa shape index (κ1) is 21.3. The fraction of sp³-hybridized carbons (Fsp3) is 0.190. The summed E-state index contributed by atoms with van der Waals surface area (Å²) in [5, 5.41) is 7.82. The Kier molecular flexibility index (Phi) is 6.80. The third-order valence-corrected chi connectivity index (χ3v) is 5.74. The highest BCUT2D eigenvalue weighted by Crippen LogP contribution is 2.32. The Morgan fingerprint density at radius 1 is 1.16 bits per heavy atom. The Morgan fingerprint density at radius 2 is 1.94 bits per heavy atom. The number of hydrazone groups is 1. The van der Waals surface area contributed by atoms with Crippen LogP contribution in [0.15, 0.2) is 53.6 Å². The fourth-order valence-electron chi connectivity index (χ4n) is 2.99. The Bertz CT molecular complexity index is 1080. The summed E-state index contributed by atoms with van der Waals surface area (Å²) in [7, 11) is 0. The second kappa shape index (κ2) is 9.90. The van der Waals surface area contributed by atoms with Gasteiger partial charge in [-0.3, -0.25) is 5.43 Å². The number of hydrogen-bond acceptors (Lipinski definition) is 6.